The van der Waals surface area contributed by atoms with Gasteiger partial charge in [-0.25, -0.2) is 12.7 Å². The van der Waals surface area contributed by atoms with E-state index in [4.69, 9.17) is 9.26 Å². The highest BCUT2D eigenvalue weighted by Gasteiger charge is 2.29. The third-order valence-corrected chi connectivity index (χ3v) is 5.35. The number of methoxy groups -OCH3 is 1. The van der Waals surface area contributed by atoms with Gasteiger partial charge in [0.1, 0.15) is 5.75 Å². The third kappa shape index (κ3) is 3.53. The first kappa shape index (κ1) is 15.9. The van der Waals surface area contributed by atoms with Crippen LogP contribution in [0.1, 0.15) is 24.7 Å². The fourth-order valence-electron chi connectivity index (χ4n) is 2.71. The standard InChI is InChI=1S/C15H19N3O4S/c1-21-13-5-3-4-12(10-13)14-16-15(22-17-14)11-6-8-18(9-7-11)23(2,19)20/h3-5,10-11H,6-9H2,1-2H3. The van der Waals surface area contributed by atoms with Gasteiger partial charge in [-0.2, -0.15) is 4.98 Å². The Labute approximate surface area is 135 Å². The fraction of sp³-hybridized carbons (Fsp3) is 0.467. The van der Waals surface area contributed by atoms with E-state index in [1.165, 1.54) is 10.6 Å². The van der Waals surface area contributed by atoms with Crippen LogP contribution in [0.4, 0.5) is 0 Å². The first-order valence-electron chi connectivity index (χ1n) is 7.40. The molecule has 0 bridgehead atoms. The highest BCUT2D eigenvalue weighted by molar-refractivity contribution is 7.88. The molecule has 2 heterocycles. The van der Waals surface area contributed by atoms with Crippen molar-refractivity contribution in [2.45, 2.75) is 18.8 Å². The van der Waals surface area contributed by atoms with Gasteiger partial charge in [-0.1, -0.05) is 17.3 Å². The number of ether oxygens (including phenoxy) is 1. The number of hydrogen-bond donors (Lipinski definition) is 0. The molecule has 2 aromatic rings. The van der Waals surface area contributed by atoms with Crippen LogP contribution in [-0.4, -0.2) is 49.3 Å². The highest BCUT2D eigenvalue weighted by Crippen LogP contribution is 2.29. The molecule has 7 nitrogen and oxygen atoms in total. The molecule has 0 aliphatic carbocycles. The number of nitrogens with zero attached hydrogens (tertiary/aromatic N) is 3. The number of benzene rings is 1. The molecule has 0 radical (unpaired) electrons. The Balaban J connectivity index is 1.73. The molecule has 0 spiro atoms. The lowest BCUT2D eigenvalue weighted by molar-refractivity contribution is 0.271. The summed E-state index contributed by atoms with van der Waals surface area (Å²) in [4.78, 5) is 4.47. The first-order chi connectivity index (χ1) is 11.0. The van der Waals surface area contributed by atoms with Crippen LogP contribution in [-0.2, 0) is 10.0 Å². The van der Waals surface area contributed by atoms with Crippen molar-refractivity contribution < 1.29 is 17.7 Å². The number of hydrogen-bond acceptors (Lipinski definition) is 6. The lowest BCUT2D eigenvalue weighted by Crippen LogP contribution is -2.37. The van der Waals surface area contributed by atoms with Crippen LogP contribution >= 0.6 is 0 Å². The molecule has 0 amide bonds. The maximum absolute atomic E-state index is 11.5. The smallest absolute Gasteiger partial charge is 0.230 e. The van der Waals surface area contributed by atoms with Crippen LogP contribution in [0.25, 0.3) is 11.4 Å². The van der Waals surface area contributed by atoms with E-state index in [2.05, 4.69) is 10.1 Å². The van der Waals surface area contributed by atoms with Crippen LogP contribution in [0.2, 0.25) is 0 Å². The third-order valence-electron chi connectivity index (χ3n) is 4.04. The minimum absolute atomic E-state index is 0.0971. The summed E-state index contributed by atoms with van der Waals surface area (Å²) in [5, 5.41) is 4.03. The lowest BCUT2D eigenvalue weighted by Gasteiger charge is -2.28. The van der Waals surface area contributed by atoms with Gasteiger partial charge in [0.05, 0.1) is 13.4 Å². The summed E-state index contributed by atoms with van der Waals surface area (Å²) in [6.07, 6.45) is 2.61. The summed E-state index contributed by atoms with van der Waals surface area (Å²) < 4.78 is 35.1. The minimum atomic E-state index is -3.12. The van der Waals surface area contributed by atoms with Crippen molar-refractivity contribution in [1.82, 2.24) is 14.4 Å². The van der Waals surface area contributed by atoms with Gasteiger partial charge >= 0.3 is 0 Å². The van der Waals surface area contributed by atoms with Crippen LogP contribution in [0.15, 0.2) is 28.8 Å². The van der Waals surface area contributed by atoms with Crippen molar-refractivity contribution in [3.63, 3.8) is 0 Å². The number of aromatic nitrogens is 2. The normalized spacial score (nSPS) is 17.3. The van der Waals surface area contributed by atoms with Crippen molar-refractivity contribution in [3.05, 3.63) is 30.2 Å². The van der Waals surface area contributed by atoms with Gasteiger partial charge in [-0.15, -0.1) is 0 Å². The largest absolute Gasteiger partial charge is 0.497 e. The zero-order chi connectivity index (χ0) is 16.4. The molecule has 1 saturated heterocycles. The molecule has 1 fully saturated rings. The van der Waals surface area contributed by atoms with E-state index in [0.717, 1.165) is 11.3 Å². The van der Waals surface area contributed by atoms with Crippen molar-refractivity contribution in [3.8, 4) is 17.1 Å². The van der Waals surface area contributed by atoms with E-state index in [1.54, 1.807) is 7.11 Å². The van der Waals surface area contributed by atoms with Crippen molar-refractivity contribution in [2.24, 2.45) is 0 Å². The Kier molecular flexibility index (Phi) is 4.36. The molecular weight excluding hydrogens is 318 g/mol. The second-order valence-corrected chi connectivity index (χ2v) is 7.61. The molecule has 0 unspecified atom stereocenters. The molecule has 1 aromatic heterocycles. The molecule has 1 aliphatic rings. The summed E-state index contributed by atoms with van der Waals surface area (Å²) in [6.45, 7) is 0.973. The lowest BCUT2D eigenvalue weighted by atomic mass is 9.98. The molecule has 0 atom stereocenters. The van der Waals surface area contributed by atoms with E-state index in [1.807, 2.05) is 24.3 Å². The molecule has 8 heteroatoms. The first-order valence-corrected chi connectivity index (χ1v) is 9.25. The van der Waals surface area contributed by atoms with Crippen LogP contribution in [0.3, 0.4) is 0 Å². The van der Waals surface area contributed by atoms with Crippen molar-refractivity contribution >= 4 is 10.0 Å². The molecule has 3 rings (SSSR count). The van der Waals surface area contributed by atoms with Crippen LogP contribution in [0, 0.1) is 0 Å². The Morgan fingerprint density at radius 2 is 2.04 bits per heavy atom. The Bertz CT molecular complexity index is 780. The SMILES string of the molecule is COc1cccc(-c2noc(C3CCN(S(C)(=O)=O)CC3)n2)c1. The summed E-state index contributed by atoms with van der Waals surface area (Å²) in [7, 11) is -1.52. The van der Waals surface area contributed by atoms with Gasteiger partial charge < -0.3 is 9.26 Å². The predicted octanol–water partition coefficient (Wildman–Crippen LogP) is 1.88. The molecule has 0 saturated carbocycles. The molecule has 124 valence electrons. The molecule has 23 heavy (non-hydrogen) atoms. The molecule has 0 N–H and O–H groups in total. The van der Waals surface area contributed by atoms with Crippen molar-refractivity contribution in [1.29, 1.82) is 0 Å². The molecule has 1 aromatic carbocycles. The van der Waals surface area contributed by atoms with E-state index in [-0.39, 0.29) is 5.92 Å². The number of piperidine rings is 1. The quantitative estimate of drug-likeness (QED) is 0.847. The van der Waals surface area contributed by atoms with E-state index < -0.39 is 10.0 Å². The second-order valence-electron chi connectivity index (χ2n) is 5.62. The summed E-state index contributed by atoms with van der Waals surface area (Å²) in [5.74, 6) is 1.91. The fourth-order valence-corrected chi connectivity index (χ4v) is 3.59. The number of sulfonamides is 1. The summed E-state index contributed by atoms with van der Waals surface area (Å²) in [6, 6.07) is 7.46. The maximum atomic E-state index is 11.5. The summed E-state index contributed by atoms with van der Waals surface area (Å²) in [5.41, 5.74) is 0.827. The maximum Gasteiger partial charge on any atom is 0.230 e. The van der Waals surface area contributed by atoms with Gasteiger partial charge in [0.2, 0.25) is 21.7 Å². The van der Waals surface area contributed by atoms with Gasteiger partial charge in [-0.3, -0.25) is 0 Å². The van der Waals surface area contributed by atoms with Gasteiger partial charge in [0, 0.05) is 24.6 Å². The Morgan fingerprint density at radius 3 is 2.70 bits per heavy atom. The van der Waals surface area contributed by atoms with E-state index in [9.17, 15) is 8.42 Å². The Hall–Kier alpha value is -1.93. The van der Waals surface area contributed by atoms with Gasteiger partial charge in [0.15, 0.2) is 0 Å². The average Bonchev–Trinajstić information content (AvgIpc) is 3.04. The van der Waals surface area contributed by atoms with Crippen LogP contribution < -0.4 is 4.74 Å². The average molecular weight is 337 g/mol. The van der Waals surface area contributed by atoms with E-state index in [0.29, 0.717) is 37.6 Å². The summed E-state index contributed by atoms with van der Waals surface area (Å²) >= 11 is 0. The van der Waals surface area contributed by atoms with Gasteiger partial charge in [-0.05, 0) is 25.0 Å². The highest BCUT2D eigenvalue weighted by atomic mass is 32.2. The zero-order valence-electron chi connectivity index (χ0n) is 13.1. The molecular formula is C15H19N3O4S. The second kappa shape index (κ2) is 6.29. The molecule has 1 aliphatic heterocycles. The topological polar surface area (TPSA) is 85.5 Å². The van der Waals surface area contributed by atoms with E-state index >= 15 is 0 Å². The van der Waals surface area contributed by atoms with Gasteiger partial charge in [0.25, 0.3) is 0 Å². The minimum Gasteiger partial charge on any atom is -0.497 e. The predicted molar refractivity (Wildman–Crippen MR) is 84.7 cm³/mol. The van der Waals surface area contributed by atoms with Crippen molar-refractivity contribution in [2.75, 3.05) is 26.5 Å². The Morgan fingerprint density at radius 1 is 1.30 bits per heavy atom. The zero-order valence-corrected chi connectivity index (χ0v) is 13.9. The number of rotatable bonds is 4. The van der Waals surface area contributed by atoms with Crippen LogP contribution in [0.5, 0.6) is 5.75 Å². The monoisotopic (exact) mass is 337 g/mol.